The van der Waals surface area contributed by atoms with Crippen molar-refractivity contribution in [2.24, 2.45) is 5.73 Å². The third kappa shape index (κ3) is 8.38. The summed E-state index contributed by atoms with van der Waals surface area (Å²) >= 11 is 1.43. The van der Waals surface area contributed by atoms with Crippen LogP contribution >= 0.6 is 11.8 Å². The van der Waals surface area contributed by atoms with E-state index in [0.29, 0.717) is 18.1 Å². The van der Waals surface area contributed by atoms with Crippen LogP contribution in [0.4, 0.5) is 4.79 Å². The molecule has 0 aromatic heterocycles. The summed E-state index contributed by atoms with van der Waals surface area (Å²) in [5.41, 5.74) is 5.38. The maximum Gasteiger partial charge on any atom is 0.315 e. The summed E-state index contributed by atoms with van der Waals surface area (Å²) in [6, 6.07) is -0.981. The van der Waals surface area contributed by atoms with Gasteiger partial charge in [-0.25, -0.2) is 4.79 Å². The molecule has 0 bridgehead atoms. The Bertz CT molecular complexity index is 243. The largest absolute Gasteiger partial charge is 0.367 e. The van der Waals surface area contributed by atoms with E-state index in [1.165, 1.54) is 11.8 Å². The van der Waals surface area contributed by atoms with Gasteiger partial charge >= 0.3 is 6.03 Å². The molecule has 0 radical (unpaired) electrons. The standard InChI is InChI=1S/C9H17N3O3S/c1-2-3-11-9(15)12-4-5-16-6-7(10)8(13)14/h1,7-8,13-14H,3-6,10H2,(H2,11,12,15)/t7-/m0/s1. The van der Waals surface area contributed by atoms with E-state index in [1.54, 1.807) is 0 Å². The highest BCUT2D eigenvalue weighted by molar-refractivity contribution is 7.99. The minimum atomic E-state index is -1.50. The van der Waals surface area contributed by atoms with Gasteiger partial charge in [0, 0.05) is 18.1 Å². The number of rotatable bonds is 7. The van der Waals surface area contributed by atoms with Gasteiger partial charge in [0.15, 0.2) is 6.29 Å². The van der Waals surface area contributed by atoms with E-state index in [2.05, 4.69) is 16.6 Å². The van der Waals surface area contributed by atoms with Gasteiger partial charge in [-0.1, -0.05) is 5.92 Å². The third-order valence-corrected chi connectivity index (χ3v) is 2.69. The van der Waals surface area contributed by atoms with Gasteiger partial charge in [0.1, 0.15) is 0 Å². The number of urea groups is 1. The number of nitrogens with two attached hydrogens (primary N) is 1. The number of thioether (sulfide) groups is 1. The average Bonchev–Trinajstić information content (AvgIpc) is 2.25. The molecular formula is C9H17N3O3S. The Balaban J connectivity index is 3.34. The van der Waals surface area contributed by atoms with Crippen molar-refractivity contribution >= 4 is 17.8 Å². The van der Waals surface area contributed by atoms with Crippen molar-refractivity contribution in [2.75, 3.05) is 24.6 Å². The summed E-state index contributed by atoms with van der Waals surface area (Å²) in [5.74, 6) is 3.34. The molecule has 16 heavy (non-hydrogen) atoms. The predicted molar refractivity (Wildman–Crippen MR) is 63.8 cm³/mol. The first-order valence-electron chi connectivity index (χ1n) is 4.72. The van der Waals surface area contributed by atoms with Crippen LogP contribution in [0.2, 0.25) is 0 Å². The van der Waals surface area contributed by atoms with E-state index in [1.807, 2.05) is 0 Å². The highest BCUT2D eigenvalue weighted by Crippen LogP contribution is 2.01. The summed E-state index contributed by atoms with van der Waals surface area (Å²) < 4.78 is 0. The normalized spacial score (nSPS) is 11.9. The van der Waals surface area contributed by atoms with Crippen LogP contribution in [0.5, 0.6) is 0 Å². The van der Waals surface area contributed by atoms with Gasteiger partial charge in [0.05, 0.1) is 12.6 Å². The molecule has 92 valence electrons. The van der Waals surface area contributed by atoms with Gasteiger partial charge < -0.3 is 26.6 Å². The van der Waals surface area contributed by atoms with E-state index in [-0.39, 0.29) is 12.6 Å². The fourth-order valence-corrected chi connectivity index (χ4v) is 1.59. The Hall–Kier alpha value is -0.940. The topological polar surface area (TPSA) is 108 Å². The molecular weight excluding hydrogens is 230 g/mol. The molecule has 6 N–H and O–H groups in total. The van der Waals surface area contributed by atoms with Crippen molar-refractivity contribution in [3.63, 3.8) is 0 Å². The maximum absolute atomic E-state index is 11.0. The van der Waals surface area contributed by atoms with Crippen LogP contribution in [0.15, 0.2) is 0 Å². The third-order valence-electron chi connectivity index (χ3n) is 1.58. The lowest BCUT2D eigenvalue weighted by molar-refractivity contribution is -0.0527. The maximum atomic E-state index is 11.0. The molecule has 0 fully saturated rings. The molecule has 0 heterocycles. The molecule has 7 heteroatoms. The molecule has 0 aliphatic rings. The molecule has 0 saturated carbocycles. The average molecular weight is 247 g/mol. The van der Waals surface area contributed by atoms with E-state index in [9.17, 15) is 4.79 Å². The predicted octanol–water partition coefficient (Wildman–Crippen LogP) is -1.71. The first-order chi connectivity index (χ1) is 7.57. The Morgan fingerprint density at radius 2 is 2.19 bits per heavy atom. The van der Waals surface area contributed by atoms with Gasteiger partial charge in [-0.05, 0) is 0 Å². The number of aliphatic hydroxyl groups is 2. The number of hydrogen-bond donors (Lipinski definition) is 5. The summed E-state index contributed by atoms with van der Waals surface area (Å²) in [6.45, 7) is 0.663. The fraction of sp³-hybridized carbons (Fsp3) is 0.667. The lowest BCUT2D eigenvalue weighted by Gasteiger charge is -2.12. The van der Waals surface area contributed by atoms with Crippen LogP contribution in [-0.2, 0) is 0 Å². The molecule has 0 rings (SSSR count). The van der Waals surface area contributed by atoms with E-state index >= 15 is 0 Å². The Kier molecular flexibility index (Phi) is 8.75. The summed E-state index contributed by atoms with van der Waals surface area (Å²) in [4.78, 5) is 11.0. The molecule has 0 spiro atoms. The van der Waals surface area contributed by atoms with Crippen molar-refractivity contribution < 1.29 is 15.0 Å². The molecule has 0 aromatic rings. The number of carbonyl (C=O) groups is 1. The molecule has 0 aliphatic heterocycles. The first kappa shape index (κ1) is 15.1. The van der Waals surface area contributed by atoms with E-state index < -0.39 is 12.3 Å². The highest BCUT2D eigenvalue weighted by atomic mass is 32.2. The smallest absolute Gasteiger partial charge is 0.315 e. The number of nitrogens with one attached hydrogen (secondary N) is 2. The fourth-order valence-electron chi connectivity index (χ4n) is 0.736. The van der Waals surface area contributed by atoms with Crippen LogP contribution in [-0.4, -0.2) is 53.2 Å². The van der Waals surface area contributed by atoms with Gasteiger partial charge in [-0.2, -0.15) is 11.8 Å². The zero-order valence-corrected chi connectivity index (χ0v) is 9.67. The van der Waals surface area contributed by atoms with Crippen molar-refractivity contribution in [1.82, 2.24) is 10.6 Å². The number of aliphatic hydroxyl groups excluding tert-OH is 1. The second kappa shape index (κ2) is 9.30. The van der Waals surface area contributed by atoms with Crippen LogP contribution in [0.25, 0.3) is 0 Å². The Morgan fingerprint density at radius 3 is 2.75 bits per heavy atom. The number of terminal acetylenes is 1. The summed E-state index contributed by atoms with van der Waals surface area (Å²) in [7, 11) is 0. The monoisotopic (exact) mass is 247 g/mol. The minimum Gasteiger partial charge on any atom is -0.367 e. The van der Waals surface area contributed by atoms with Crippen LogP contribution in [0.3, 0.4) is 0 Å². The van der Waals surface area contributed by atoms with Crippen molar-refractivity contribution in [3.05, 3.63) is 0 Å². The lowest BCUT2D eigenvalue weighted by Crippen LogP contribution is -2.38. The Labute approximate surface area is 99.0 Å². The van der Waals surface area contributed by atoms with Gasteiger partial charge in [-0.3, -0.25) is 0 Å². The highest BCUT2D eigenvalue weighted by Gasteiger charge is 2.10. The summed E-state index contributed by atoms with van der Waals surface area (Å²) in [5, 5.41) is 22.4. The molecule has 6 nitrogen and oxygen atoms in total. The molecule has 0 unspecified atom stereocenters. The van der Waals surface area contributed by atoms with Gasteiger partial charge in [0.25, 0.3) is 0 Å². The van der Waals surface area contributed by atoms with E-state index in [4.69, 9.17) is 22.4 Å². The minimum absolute atomic E-state index is 0.195. The molecule has 0 saturated heterocycles. The zero-order chi connectivity index (χ0) is 12.4. The Morgan fingerprint density at radius 1 is 1.50 bits per heavy atom. The van der Waals surface area contributed by atoms with Crippen molar-refractivity contribution in [1.29, 1.82) is 0 Å². The van der Waals surface area contributed by atoms with E-state index in [0.717, 1.165) is 0 Å². The second-order valence-corrected chi connectivity index (χ2v) is 4.12. The SMILES string of the molecule is C#CCNC(=O)NCCSC[C@H](N)C(O)O. The lowest BCUT2D eigenvalue weighted by atomic mass is 10.4. The number of hydrogen-bond acceptors (Lipinski definition) is 5. The van der Waals surface area contributed by atoms with Gasteiger partial charge in [0.2, 0.25) is 0 Å². The van der Waals surface area contributed by atoms with Crippen molar-refractivity contribution in [3.8, 4) is 12.3 Å². The number of amides is 2. The number of carbonyl (C=O) groups excluding carboxylic acids is 1. The van der Waals surface area contributed by atoms with Crippen LogP contribution < -0.4 is 16.4 Å². The zero-order valence-electron chi connectivity index (χ0n) is 8.85. The van der Waals surface area contributed by atoms with Crippen LogP contribution in [0, 0.1) is 12.3 Å². The summed E-state index contributed by atoms with van der Waals surface area (Å²) in [6.07, 6.45) is 3.46. The molecule has 0 aromatic carbocycles. The van der Waals surface area contributed by atoms with Gasteiger partial charge in [-0.15, -0.1) is 6.42 Å². The van der Waals surface area contributed by atoms with Crippen LogP contribution in [0.1, 0.15) is 0 Å². The molecule has 2 amide bonds. The molecule has 0 aliphatic carbocycles. The van der Waals surface area contributed by atoms with Crippen molar-refractivity contribution in [2.45, 2.75) is 12.3 Å². The second-order valence-electron chi connectivity index (χ2n) is 2.97. The first-order valence-corrected chi connectivity index (χ1v) is 5.88. The molecule has 1 atom stereocenters. The quantitative estimate of drug-likeness (QED) is 0.209.